The monoisotopic (exact) mass is 350 g/mol. The minimum Gasteiger partial charge on any atom is -0.382 e. The Morgan fingerprint density at radius 1 is 1.19 bits per heavy atom. The van der Waals surface area contributed by atoms with E-state index in [2.05, 4.69) is 49.7 Å². The molecule has 1 N–H and O–H groups in total. The standard InChI is InChI=1S/C19H18N4O3/c1-12-17(23-26-21-12)11-20-19(24)18-10-15(22-25-18)9-14-7-4-6-13-5-2-3-8-16(13)14/h2-8,18H,9-11H2,1H3,(H,20,24)/t18-/m0/s1. The molecule has 0 fully saturated rings. The highest BCUT2D eigenvalue weighted by molar-refractivity contribution is 5.96. The Balaban J connectivity index is 1.37. The number of oxime groups is 1. The van der Waals surface area contributed by atoms with E-state index < -0.39 is 6.10 Å². The normalized spacial score (nSPS) is 16.3. The van der Waals surface area contributed by atoms with Crippen LogP contribution in [0, 0.1) is 6.92 Å². The van der Waals surface area contributed by atoms with Crippen molar-refractivity contribution in [3.05, 3.63) is 59.4 Å². The highest BCUT2D eigenvalue weighted by Gasteiger charge is 2.28. The van der Waals surface area contributed by atoms with Gasteiger partial charge in [-0.2, -0.15) is 0 Å². The van der Waals surface area contributed by atoms with Gasteiger partial charge in [0.25, 0.3) is 5.91 Å². The summed E-state index contributed by atoms with van der Waals surface area (Å²) in [5.41, 5.74) is 3.30. The number of nitrogens with zero attached hydrogens (tertiary/aromatic N) is 3. The highest BCUT2D eigenvalue weighted by Crippen LogP contribution is 2.22. The van der Waals surface area contributed by atoms with E-state index in [-0.39, 0.29) is 12.5 Å². The first-order chi connectivity index (χ1) is 12.7. The Bertz CT molecular complexity index is 974. The first-order valence-electron chi connectivity index (χ1n) is 8.44. The lowest BCUT2D eigenvalue weighted by Gasteiger charge is -2.08. The Morgan fingerprint density at radius 3 is 2.88 bits per heavy atom. The van der Waals surface area contributed by atoms with Crippen LogP contribution in [-0.2, 0) is 22.6 Å². The Morgan fingerprint density at radius 2 is 2.04 bits per heavy atom. The molecule has 1 aliphatic rings. The third kappa shape index (κ3) is 3.28. The zero-order chi connectivity index (χ0) is 17.9. The molecule has 0 radical (unpaired) electrons. The van der Waals surface area contributed by atoms with Crippen molar-refractivity contribution in [1.82, 2.24) is 15.6 Å². The largest absolute Gasteiger partial charge is 0.382 e. The second kappa shape index (κ2) is 6.95. The summed E-state index contributed by atoms with van der Waals surface area (Å²) in [5.74, 6) is -0.218. The van der Waals surface area contributed by atoms with Gasteiger partial charge in [-0.25, -0.2) is 4.63 Å². The minimum absolute atomic E-state index is 0.218. The quantitative estimate of drug-likeness (QED) is 0.764. The molecule has 1 amide bonds. The van der Waals surface area contributed by atoms with Gasteiger partial charge < -0.3 is 10.2 Å². The van der Waals surface area contributed by atoms with E-state index >= 15 is 0 Å². The molecule has 0 unspecified atom stereocenters. The summed E-state index contributed by atoms with van der Waals surface area (Å²) in [5, 5.41) is 16.7. The van der Waals surface area contributed by atoms with Crippen LogP contribution in [0.5, 0.6) is 0 Å². The molecular formula is C19H18N4O3. The summed E-state index contributed by atoms with van der Waals surface area (Å²) in [4.78, 5) is 17.6. The molecule has 2 aromatic carbocycles. The third-order valence-corrected chi connectivity index (χ3v) is 4.47. The van der Waals surface area contributed by atoms with Gasteiger partial charge in [0.05, 0.1) is 12.3 Å². The first-order valence-corrected chi connectivity index (χ1v) is 8.44. The van der Waals surface area contributed by atoms with E-state index in [0.717, 1.165) is 5.71 Å². The van der Waals surface area contributed by atoms with Crippen LogP contribution in [0.25, 0.3) is 10.8 Å². The molecule has 0 bridgehead atoms. The van der Waals surface area contributed by atoms with E-state index in [0.29, 0.717) is 24.2 Å². The highest BCUT2D eigenvalue weighted by atomic mass is 16.6. The number of carbonyl (C=O) groups excluding carboxylic acids is 1. The predicted octanol–water partition coefficient (Wildman–Crippen LogP) is 2.54. The molecule has 0 spiro atoms. The number of amides is 1. The van der Waals surface area contributed by atoms with Gasteiger partial charge in [0.15, 0.2) is 0 Å². The Hall–Kier alpha value is -3.22. The van der Waals surface area contributed by atoms with Crippen LogP contribution in [0.3, 0.4) is 0 Å². The number of fused-ring (bicyclic) bond motifs is 1. The summed E-state index contributed by atoms with van der Waals surface area (Å²) in [7, 11) is 0. The first kappa shape index (κ1) is 16.3. The average Bonchev–Trinajstić information content (AvgIpc) is 3.29. The number of hydrogen-bond acceptors (Lipinski definition) is 6. The van der Waals surface area contributed by atoms with E-state index in [1.165, 1.54) is 16.3 Å². The summed E-state index contributed by atoms with van der Waals surface area (Å²) < 4.78 is 4.62. The number of aryl methyl sites for hydroxylation is 1. The average molecular weight is 350 g/mol. The van der Waals surface area contributed by atoms with Crippen molar-refractivity contribution in [2.24, 2.45) is 5.16 Å². The molecule has 132 valence electrons. The van der Waals surface area contributed by atoms with Gasteiger partial charge >= 0.3 is 0 Å². The van der Waals surface area contributed by atoms with E-state index in [1.54, 1.807) is 6.92 Å². The molecule has 2 heterocycles. The number of nitrogens with one attached hydrogen (secondary N) is 1. The maximum Gasteiger partial charge on any atom is 0.264 e. The van der Waals surface area contributed by atoms with Crippen LogP contribution in [-0.4, -0.2) is 28.0 Å². The number of hydrogen-bond donors (Lipinski definition) is 1. The second-order valence-electron chi connectivity index (χ2n) is 6.28. The van der Waals surface area contributed by atoms with Crippen molar-refractivity contribution in [3.63, 3.8) is 0 Å². The van der Waals surface area contributed by atoms with Crippen molar-refractivity contribution >= 4 is 22.4 Å². The molecule has 0 aliphatic carbocycles. The van der Waals surface area contributed by atoms with Crippen LogP contribution in [0.2, 0.25) is 0 Å². The van der Waals surface area contributed by atoms with Gasteiger partial charge in [-0.15, -0.1) is 0 Å². The molecule has 0 saturated carbocycles. The van der Waals surface area contributed by atoms with Gasteiger partial charge in [-0.05, 0) is 23.3 Å². The van der Waals surface area contributed by atoms with Gasteiger partial charge in [0.2, 0.25) is 6.10 Å². The van der Waals surface area contributed by atoms with Crippen LogP contribution in [0.1, 0.15) is 23.4 Å². The van der Waals surface area contributed by atoms with Crippen molar-refractivity contribution in [1.29, 1.82) is 0 Å². The lowest BCUT2D eigenvalue weighted by molar-refractivity contribution is -0.131. The second-order valence-corrected chi connectivity index (χ2v) is 6.28. The van der Waals surface area contributed by atoms with Gasteiger partial charge in [0, 0.05) is 12.8 Å². The molecule has 3 aromatic rings. The summed E-state index contributed by atoms with van der Waals surface area (Å²) in [6.45, 7) is 2.03. The lowest BCUT2D eigenvalue weighted by atomic mass is 9.98. The molecule has 1 atom stereocenters. The maximum atomic E-state index is 12.3. The van der Waals surface area contributed by atoms with Crippen LogP contribution >= 0.6 is 0 Å². The molecular weight excluding hydrogens is 332 g/mol. The molecule has 4 rings (SSSR count). The van der Waals surface area contributed by atoms with E-state index in [9.17, 15) is 4.79 Å². The summed E-state index contributed by atoms with van der Waals surface area (Å²) in [6.07, 6.45) is 0.530. The fourth-order valence-electron chi connectivity index (χ4n) is 3.03. The molecule has 0 saturated heterocycles. The van der Waals surface area contributed by atoms with Gasteiger partial charge in [0.1, 0.15) is 11.4 Å². The van der Waals surface area contributed by atoms with Crippen molar-refractivity contribution in [3.8, 4) is 0 Å². The number of carbonyl (C=O) groups is 1. The zero-order valence-corrected chi connectivity index (χ0v) is 14.3. The van der Waals surface area contributed by atoms with Crippen LogP contribution < -0.4 is 5.32 Å². The Labute approximate surface area is 150 Å². The number of rotatable bonds is 5. The van der Waals surface area contributed by atoms with Crippen molar-refractivity contribution < 1.29 is 14.3 Å². The van der Waals surface area contributed by atoms with E-state index in [1.807, 2.05) is 18.2 Å². The summed E-state index contributed by atoms with van der Waals surface area (Å²) >= 11 is 0. The van der Waals surface area contributed by atoms with Crippen LogP contribution in [0.4, 0.5) is 0 Å². The fraction of sp³-hybridized carbons (Fsp3) is 0.263. The topological polar surface area (TPSA) is 89.6 Å². The van der Waals surface area contributed by atoms with Crippen molar-refractivity contribution in [2.45, 2.75) is 32.4 Å². The lowest BCUT2D eigenvalue weighted by Crippen LogP contribution is -2.34. The number of aromatic nitrogens is 2. The molecule has 7 heteroatoms. The molecule has 1 aromatic heterocycles. The zero-order valence-electron chi connectivity index (χ0n) is 14.3. The number of benzene rings is 2. The van der Waals surface area contributed by atoms with Crippen molar-refractivity contribution in [2.75, 3.05) is 0 Å². The third-order valence-electron chi connectivity index (χ3n) is 4.47. The van der Waals surface area contributed by atoms with Gasteiger partial charge in [-0.1, -0.05) is 57.9 Å². The van der Waals surface area contributed by atoms with Gasteiger partial charge in [-0.3, -0.25) is 4.79 Å². The molecule has 1 aliphatic heterocycles. The van der Waals surface area contributed by atoms with E-state index in [4.69, 9.17) is 4.84 Å². The maximum absolute atomic E-state index is 12.3. The smallest absolute Gasteiger partial charge is 0.264 e. The predicted molar refractivity (Wildman–Crippen MR) is 95.5 cm³/mol. The molecule has 26 heavy (non-hydrogen) atoms. The summed E-state index contributed by atoms with van der Waals surface area (Å²) in [6, 6.07) is 14.4. The minimum atomic E-state index is -0.611. The SMILES string of the molecule is Cc1nonc1CNC(=O)[C@@H]1CC(Cc2cccc3ccccc23)=NO1. The fourth-order valence-corrected chi connectivity index (χ4v) is 3.03. The molecule has 7 nitrogen and oxygen atoms in total. The Kier molecular flexibility index (Phi) is 4.35. The van der Waals surface area contributed by atoms with Crippen LogP contribution in [0.15, 0.2) is 52.2 Å².